The van der Waals surface area contributed by atoms with E-state index in [-0.39, 0.29) is 11.2 Å². The molecule has 0 aromatic carbocycles. The molecule has 1 saturated heterocycles. The Morgan fingerprint density at radius 3 is 2.20 bits per heavy atom. The van der Waals surface area contributed by atoms with Crippen molar-refractivity contribution in [1.82, 2.24) is 9.62 Å². The number of piperidine rings is 1. The second-order valence-electron chi connectivity index (χ2n) is 7.65. The zero-order valence-corrected chi connectivity index (χ0v) is 14.0. The van der Waals surface area contributed by atoms with E-state index in [0.29, 0.717) is 19.1 Å². The van der Waals surface area contributed by atoms with E-state index in [1.165, 1.54) is 12.8 Å². The lowest BCUT2D eigenvalue weighted by Crippen LogP contribution is -2.46. The SMILES string of the molecule is CC(C)(C)CCS(=O)(=O)N1CCC(NCC2CC2)CC1. The number of hydrogen-bond donors (Lipinski definition) is 1. The third-order valence-electron chi connectivity index (χ3n) is 4.35. The van der Waals surface area contributed by atoms with Gasteiger partial charge in [0.25, 0.3) is 0 Å². The third-order valence-corrected chi connectivity index (χ3v) is 6.22. The van der Waals surface area contributed by atoms with Crippen molar-refractivity contribution >= 4 is 10.0 Å². The van der Waals surface area contributed by atoms with Crippen LogP contribution in [0.5, 0.6) is 0 Å². The Hall–Kier alpha value is -0.130. The quantitative estimate of drug-likeness (QED) is 0.818. The number of nitrogens with one attached hydrogen (secondary N) is 1. The van der Waals surface area contributed by atoms with Crippen LogP contribution in [0.2, 0.25) is 0 Å². The summed E-state index contributed by atoms with van der Waals surface area (Å²) in [5.74, 6) is 1.18. The molecule has 1 aliphatic heterocycles. The molecular weight excluding hydrogens is 272 g/mol. The molecule has 118 valence electrons. The molecule has 2 aliphatic rings. The summed E-state index contributed by atoms with van der Waals surface area (Å²) in [6, 6.07) is 0.518. The maximum Gasteiger partial charge on any atom is 0.214 e. The zero-order chi connectivity index (χ0) is 14.8. The standard InChI is InChI=1S/C15H30N2O2S/c1-15(2,3)8-11-20(18,19)17-9-6-14(7-10-17)16-12-13-4-5-13/h13-14,16H,4-12H2,1-3H3. The lowest BCUT2D eigenvalue weighted by atomic mass is 9.94. The van der Waals surface area contributed by atoms with Crippen molar-refractivity contribution in [1.29, 1.82) is 0 Å². The van der Waals surface area contributed by atoms with Gasteiger partial charge in [-0.2, -0.15) is 0 Å². The van der Waals surface area contributed by atoms with Gasteiger partial charge in [-0.05, 0) is 50.0 Å². The van der Waals surface area contributed by atoms with Crippen LogP contribution in [-0.4, -0.2) is 44.2 Å². The molecule has 0 radical (unpaired) electrons. The second-order valence-corrected chi connectivity index (χ2v) is 9.74. The van der Waals surface area contributed by atoms with Crippen molar-refractivity contribution in [3.8, 4) is 0 Å². The first-order valence-corrected chi connectivity index (χ1v) is 9.58. The molecular formula is C15H30N2O2S. The summed E-state index contributed by atoms with van der Waals surface area (Å²) < 4.78 is 26.3. The maximum absolute atomic E-state index is 12.3. The molecule has 0 aromatic rings. The van der Waals surface area contributed by atoms with E-state index in [4.69, 9.17) is 0 Å². The van der Waals surface area contributed by atoms with Gasteiger partial charge in [-0.15, -0.1) is 0 Å². The Balaban J connectivity index is 1.73. The van der Waals surface area contributed by atoms with Crippen LogP contribution in [0.3, 0.4) is 0 Å². The molecule has 1 saturated carbocycles. The van der Waals surface area contributed by atoms with Gasteiger partial charge in [-0.1, -0.05) is 20.8 Å². The second kappa shape index (κ2) is 6.32. The Labute approximate surface area is 124 Å². The molecule has 0 unspecified atom stereocenters. The lowest BCUT2D eigenvalue weighted by Gasteiger charge is -2.32. The van der Waals surface area contributed by atoms with Crippen molar-refractivity contribution in [3.05, 3.63) is 0 Å². The van der Waals surface area contributed by atoms with Crippen LogP contribution in [0, 0.1) is 11.3 Å². The summed E-state index contributed by atoms with van der Waals surface area (Å²) in [6.07, 6.45) is 5.39. The fourth-order valence-electron chi connectivity index (χ4n) is 2.56. The Bertz CT molecular complexity index is 402. The van der Waals surface area contributed by atoms with Gasteiger partial charge >= 0.3 is 0 Å². The summed E-state index contributed by atoms with van der Waals surface area (Å²) in [5, 5.41) is 3.59. The number of sulfonamides is 1. The number of rotatable bonds is 6. The van der Waals surface area contributed by atoms with Gasteiger partial charge in [0.05, 0.1) is 5.75 Å². The van der Waals surface area contributed by atoms with Crippen molar-refractivity contribution < 1.29 is 8.42 Å². The fourth-order valence-corrected chi connectivity index (χ4v) is 4.45. The third kappa shape index (κ3) is 5.34. The molecule has 1 aliphatic carbocycles. The average molecular weight is 302 g/mol. The van der Waals surface area contributed by atoms with Gasteiger partial charge in [0.2, 0.25) is 10.0 Å². The number of hydrogen-bond acceptors (Lipinski definition) is 3. The lowest BCUT2D eigenvalue weighted by molar-refractivity contribution is 0.285. The van der Waals surface area contributed by atoms with E-state index in [9.17, 15) is 8.42 Å². The highest BCUT2D eigenvalue weighted by molar-refractivity contribution is 7.89. The minimum Gasteiger partial charge on any atom is -0.314 e. The van der Waals surface area contributed by atoms with Gasteiger partial charge in [-0.3, -0.25) is 0 Å². The molecule has 0 aromatic heterocycles. The minimum absolute atomic E-state index is 0.0806. The van der Waals surface area contributed by atoms with Gasteiger partial charge < -0.3 is 5.32 Å². The molecule has 1 N–H and O–H groups in total. The molecule has 4 nitrogen and oxygen atoms in total. The van der Waals surface area contributed by atoms with Crippen LogP contribution >= 0.6 is 0 Å². The molecule has 5 heteroatoms. The predicted octanol–water partition coefficient (Wildman–Crippen LogP) is 2.22. The highest BCUT2D eigenvalue weighted by Crippen LogP contribution is 2.28. The van der Waals surface area contributed by atoms with Crippen LogP contribution in [0.4, 0.5) is 0 Å². The first-order chi connectivity index (χ1) is 9.26. The first-order valence-electron chi connectivity index (χ1n) is 7.97. The van der Waals surface area contributed by atoms with Crippen LogP contribution in [-0.2, 0) is 10.0 Å². The topological polar surface area (TPSA) is 49.4 Å². The summed E-state index contributed by atoms with van der Waals surface area (Å²) in [4.78, 5) is 0. The van der Waals surface area contributed by atoms with Gasteiger partial charge in [0.1, 0.15) is 0 Å². The van der Waals surface area contributed by atoms with Crippen LogP contribution < -0.4 is 5.32 Å². The zero-order valence-electron chi connectivity index (χ0n) is 13.2. The normalized spacial score (nSPS) is 23.1. The summed E-state index contributed by atoms with van der Waals surface area (Å²) in [5.41, 5.74) is 0.0806. The Kier molecular flexibility index (Phi) is 5.14. The molecule has 2 fully saturated rings. The fraction of sp³-hybridized carbons (Fsp3) is 1.00. The first kappa shape index (κ1) is 16.2. The van der Waals surface area contributed by atoms with E-state index in [2.05, 4.69) is 26.1 Å². The molecule has 0 spiro atoms. The predicted molar refractivity (Wildman–Crippen MR) is 83.2 cm³/mol. The van der Waals surface area contributed by atoms with Gasteiger partial charge in [-0.25, -0.2) is 12.7 Å². The molecule has 2 rings (SSSR count). The molecule has 1 heterocycles. The Morgan fingerprint density at radius 1 is 1.10 bits per heavy atom. The molecule has 0 amide bonds. The maximum atomic E-state index is 12.3. The van der Waals surface area contributed by atoms with E-state index < -0.39 is 10.0 Å². The van der Waals surface area contributed by atoms with Crippen molar-refractivity contribution in [3.63, 3.8) is 0 Å². The summed E-state index contributed by atoms with van der Waals surface area (Å²) in [7, 11) is -3.05. The van der Waals surface area contributed by atoms with Gasteiger partial charge in [0, 0.05) is 19.1 Å². The van der Waals surface area contributed by atoms with E-state index in [1.54, 1.807) is 4.31 Å². The van der Waals surface area contributed by atoms with Crippen molar-refractivity contribution in [2.75, 3.05) is 25.4 Å². The van der Waals surface area contributed by atoms with E-state index >= 15 is 0 Å². The summed E-state index contributed by atoms with van der Waals surface area (Å²) in [6.45, 7) is 8.79. The van der Waals surface area contributed by atoms with Crippen LogP contribution in [0.15, 0.2) is 0 Å². The largest absolute Gasteiger partial charge is 0.314 e. The average Bonchev–Trinajstić information content (AvgIpc) is 3.18. The summed E-state index contributed by atoms with van der Waals surface area (Å²) >= 11 is 0. The molecule has 20 heavy (non-hydrogen) atoms. The highest BCUT2D eigenvalue weighted by Gasteiger charge is 2.29. The number of nitrogens with zero attached hydrogens (tertiary/aromatic N) is 1. The van der Waals surface area contributed by atoms with Gasteiger partial charge in [0.15, 0.2) is 0 Å². The van der Waals surface area contributed by atoms with Crippen LogP contribution in [0.1, 0.15) is 52.9 Å². The van der Waals surface area contributed by atoms with Crippen molar-refractivity contribution in [2.45, 2.75) is 58.9 Å². The van der Waals surface area contributed by atoms with E-state index in [1.807, 2.05) is 0 Å². The highest BCUT2D eigenvalue weighted by atomic mass is 32.2. The minimum atomic E-state index is -3.05. The van der Waals surface area contributed by atoms with Crippen LogP contribution in [0.25, 0.3) is 0 Å². The van der Waals surface area contributed by atoms with Crippen molar-refractivity contribution in [2.24, 2.45) is 11.3 Å². The molecule has 0 atom stereocenters. The monoisotopic (exact) mass is 302 g/mol. The van der Waals surface area contributed by atoms with E-state index in [0.717, 1.165) is 31.7 Å². The molecule has 0 bridgehead atoms. The smallest absolute Gasteiger partial charge is 0.214 e. The Morgan fingerprint density at radius 2 is 1.70 bits per heavy atom.